The van der Waals surface area contributed by atoms with Crippen LogP contribution in [0, 0.1) is 5.82 Å². The Morgan fingerprint density at radius 1 is 1.10 bits per heavy atom. The Morgan fingerprint density at radius 3 is 2.77 bits per heavy atom. The second-order valence-corrected chi connectivity index (χ2v) is 7.24. The van der Waals surface area contributed by atoms with Gasteiger partial charge in [-0.25, -0.2) is 9.37 Å². The molecule has 3 heterocycles. The molecule has 1 fully saturated rings. The van der Waals surface area contributed by atoms with Gasteiger partial charge in [-0.15, -0.1) is 0 Å². The first-order valence-corrected chi connectivity index (χ1v) is 9.72. The van der Waals surface area contributed by atoms with Gasteiger partial charge >= 0.3 is 0 Å². The average molecular weight is 403 g/mol. The average Bonchev–Trinajstić information content (AvgIpc) is 3.40. The molecule has 2 aromatic heterocycles. The van der Waals surface area contributed by atoms with Crippen LogP contribution in [0.1, 0.15) is 35.2 Å². The Balaban J connectivity index is 1.48. The van der Waals surface area contributed by atoms with Crippen molar-refractivity contribution in [1.82, 2.24) is 24.6 Å². The van der Waals surface area contributed by atoms with Gasteiger partial charge in [0.05, 0.1) is 22.8 Å². The molecule has 0 radical (unpaired) electrons. The van der Waals surface area contributed by atoms with Crippen LogP contribution in [0.2, 0.25) is 0 Å². The summed E-state index contributed by atoms with van der Waals surface area (Å²) in [5.41, 5.74) is 1.72. The summed E-state index contributed by atoms with van der Waals surface area (Å²) in [5, 5.41) is 4.30. The summed E-state index contributed by atoms with van der Waals surface area (Å²) in [7, 11) is 0. The van der Waals surface area contributed by atoms with Crippen molar-refractivity contribution in [3.8, 4) is 5.69 Å². The largest absolute Gasteiger partial charge is 0.340 e. The number of amides is 1. The number of aromatic amines is 1. The third-order valence-electron chi connectivity index (χ3n) is 5.31. The quantitative estimate of drug-likeness (QED) is 0.569. The van der Waals surface area contributed by atoms with Crippen LogP contribution in [0.3, 0.4) is 0 Å². The Kier molecular flexibility index (Phi) is 4.39. The van der Waals surface area contributed by atoms with Gasteiger partial charge < -0.3 is 9.88 Å². The number of nitrogens with one attached hydrogen (secondary N) is 1. The summed E-state index contributed by atoms with van der Waals surface area (Å²) in [4.78, 5) is 34.9. The number of likely N-dealkylation sites (tertiary alicyclic amines) is 1. The highest BCUT2D eigenvalue weighted by Gasteiger charge is 2.33. The van der Waals surface area contributed by atoms with E-state index in [9.17, 15) is 14.0 Å². The van der Waals surface area contributed by atoms with Crippen molar-refractivity contribution in [3.05, 3.63) is 88.4 Å². The van der Waals surface area contributed by atoms with Crippen LogP contribution in [0.4, 0.5) is 4.39 Å². The van der Waals surface area contributed by atoms with Gasteiger partial charge in [0, 0.05) is 12.6 Å². The molecule has 2 aromatic carbocycles. The Labute approximate surface area is 170 Å². The summed E-state index contributed by atoms with van der Waals surface area (Å²) in [5.74, 6) is 0.0103. The van der Waals surface area contributed by atoms with E-state index in [1.165, 1.54) is 28.9 Å². The summed E-state index contributed by atoms with van der Waals surface area (Å²) in [6.45, 7) is 0.557. The van der Waals surface area contributed by atoms with Crippen LogP contribution < -0.4 is 5.56 Å². The van der Waals surface area contributed by atoms with Crippen LogP contribution in [-0.2, 0) is 0 Å². The first-order valence-electron chi connectivity index (χ1n) is 9.72. The molecule has 150 valence electrons. The number of H-pyrrole nitrogens is 1. The van der Waals surface area contributed by atoms with Gasteiger partial charge in [0.15, 0.2) is 0 Å². The molecule has 0 aliphatic carbocycles. The molecule has 5 rings (SSSR count). The molecule has 4 aromatic rings. The van der Waals surface area contributed by atoms with Gasteiger partial charge in [-0.3, -0.25) is 9.59 Å². The summed E-state index contributed by atoms with van der Waals surface area (Å²) in [6.07, 6.45) is 1.56. The van der Waals surface area contributed by atoms with E-state index < -0.39 is 0 Å². The van der Waals surface area contributed by atoms with Gasteiger partial charge in [0.25, 0.3) is 11.5 Å². The third-order valence-corrected chi connectivity index (χ3v) is 5.31. The molecule has 0 spiro atoms. The van der Waals surface area contributed by atoms with E-state index in [0.717, 1.165) is 12.8 Å². The molecular formula is C22H18FN5O2. The van der Waals surface area contributed by atoms with E-state index in [1.807, 2.05) is 6.07 Å². The van der Waals surface area contributed by atoms with Crippen molar-refractivity contribution in [2.75, 3.05) is 6.54 Å². The zero-order valence-corrected chi connectivity index (χ0v) is 16.0. The minimum Gasteiger partial charge on any atom is -0.340 e. The zero-order valence-electron chi connectivity index (χ0n) is 16.0. The van der Waals surface area contributed by atoms with Crippen molar-refractivity contribution < 1.29 is 9.18 Å². The molecular weight excluding hydrogens is 385 g/mol. The third kappa shape index (κ3) is 3.16. The number of carbonyl (C=O) groups is 1. The molecule has 1 unspecified atom stereocenters. The number of hydrogen-bond donors (Lipinski definition) is 1. The number of carbonyl (C=O) groups excluding carboxylic acids is 1. The van der Waals surface area contributed by atoms with Crippen LogP contribution >= 0.6 is 0 Å². The van der Waals surface area contributed by atoms with E-state index >= 15 is 0 Å². The van der Waals surface area contributed by atoms with Gasteiger partial charge in [-0.05, 0) is 49.2 Å². The fraction of sp³-hybridized carbons (Fsp3) is 0.182. The molecule has 1 amide bonds. The maximum atomic E-state index is 13.5. The van der Waals surface area contributed by atoms with E-state index in [1.54, 1.807) is 35.2 Å². The molecule has 0 bridgehead atoms. The maximum absolute atomic E-state index is 13.5. The van der Waals surface area contributed by atoms with Crippen molar-refractivity contribution in [2.24, 2.45) is 0 Å². The molecule has 8 heteroatoms. The van der Waals surface area contributed by atoms with Crippen molar-refractivity contribution in [2.45, 2.75) is 18.9 Å². The molecule has 1 N–H and O–H groups in total. The number of fused-ring (bicyclic) bond motifs is 1. The second kappa shape index (κ2) is 7.22. The molecule has 1 saturated heterocycles. The molecule has 1 aliphatic heterocycles. The van der Waals surface area contributed by atoms with Gasteiger partial charge in [0.2, 0.25) is 0 Å². The number of halogens is 1. The molecule has 1 atom stereocenters. The fourth-order valence-electron chi connectivity index (χ4n) is 3.88. The lowest BCUT2D eigenvalue weighted by Crippen LogP contribution is -2.33. The summed E-state index contributed by atoms with van der Waals surface area (Å²) < 4.78 is 14.7. The van der Waals surface area contributed by atoms with Crippen LogP contribution in [0.25, 0.3) is 16.7 Å². The molecule has 0 saturated carbocycles. The maximum Gasteiger partial charge on any atom is 0.274 e. The van der Waals surface area contributed by atoms with E-state index in [4.69, 9.17) is 0 Å². The number of hydrogen-bond acceptors (Lipinski definition) is 4. The normalized spacial score (nSPS) is 16.3. The zero-order chi connectivity index (χ0) is 20.7. The van der Waals surface area contributed by atoms with Gasteiger partial charge in [0.1, 0.15) is 17.3 Å². The highest BCUT2D eigenvalue weighted by Crippen LogP contribution is 2.32. The van der Waals surface area contributed by atoms with Crippen molar-refractivity contribution >= 4 is 16.9 Å². The number of nitrogens with zero attached hydrogens (tertiary/aromatic N) is 4. The smallest absolute Gasteiger partial charge is 0.274 e. The van der Waals surface area contributed by atoms with Crippen LogP contribution in [-0.4, -0.2) is 37.1 Å². The standard InChI is InChI=1S/C22H18FN5O2/c23-14-8-9-16-18(13-14)25-21(24-16)19-7-4-12-27(19)22(30)17-10-11-20(29)28(26-17)15-5-2-1-3-6-15/h1-3,5-6,8-11,13,19H,4,7,12H2,(H,24,25). The van der Waals surface area contributed by atoms with Gasteiger partial charge in [-0.2, -0.15) is 9.78 Å². The fourth-order valence-corrected chi connectivity index (χ4v) is 3.88. The predicted molar refractivity (Wildman–Crippen MR) is 109 cm³/mol. The topological polar surface area (TPSA) is 83.9 Å². The Bertz CT molecular complexity index is 1300. The molecule has 7 nitrogen and oxygen atoms in total. The lowest BCUT2D eigenvalue weighted by atomic mass is 10.2. The van der Waals surface area contributed by atoms with E-state index in [2.05, 4.69) is 15.1 Å². The first-order chi connectivity index (χ1) is 14.6. The predicted octanol–water partition coefficient (Wildman–Crippen LogP) is 3.23. The molecule has 1 aliphatic rings. The number of aromatic nitrogens is 4. The number of rotatable bonds is 3. The first kappa shape index (κ1) is 18.2. The number of imidazole rings is 1. The highest BCUT2D eigenvalue weighted by atomic mass is 19.1. The second-order valence-electron chi connectivity index (χ2n) is 7.24. The van der Waals surface area contributed by atoms with E-state index in [-0.39, 0.29) is 29.0 Å². The van der Waals surface area contributed by atoms with Crippen LogP contribution in [0.15, 0.2) is 65.5 Å². The summed E-state index contributed by atoms with van der Waals surface area (Å²) in [6, 6.07) is 15.9. The minimum absolute atomic E-state index is 0.188. The van der Waals surface area contributed by atoms with Crippen LogP contribution in [0.5, 0.6) is 0 Å². The Morgan fingerprint density at radius 2 is 1.93 bits per heavy atom. The van der Waals surface area contributed by atoms with E-state index in [0.29, 0.717) is 29.1 Å². The van der Waals surface area contributed by atoms with Gasteiger partial charge in [-0.1, -0.05) is 18.2 Å². The number of para-hydroxylation sites is 1. The number of benzene rings is 2. The van der Waals surface area contributed by atoms with Crippen molar-refractivity contribution in [1.29, 1.82) is 0 Å². The molecule has 30 heavy (non-hydrogen) atoms. The highest BCUT2D eigenvalue weighted by molar-refractivity contribution is 5.92. The van der Waals surface area contributed by atoms with Crippen molar-refractivity contribution in [3.63, 3.8) is 0 Å². The lowest BCUT2D eigenvalue weighted by Gasteiger charge is -2.23. The summed E-state index contributed by atoms with van der Waals surface area (Å²) >= 11 is 0. The monoisotopic (exact) mass is 403 g/mol. The Hall–Kier alpha value is -3.81. The minimum atomic E-state index is -0.343. The SMILES string of the molecule is O=C(c1ccc(=O)n(-c2ccccc2)n1)N1CCCC1c1nc2ccc(F)cc2[nH]1. The lowest BCUT2D eigenvalue weighted by molar-refractivity contribution is 0.0722.